The van der Waals surface area contributed by atoms with Gasteiger partial charge in [-0.1, -0.05) is 42.5 Å². The second-order valence-corrected chi connectivity index (χ2v) is 7.70. The molecule has 0 unspecified atom stereocenters. The Bertz CT molecular complexity index is 1070. The molecule has 1 aromatic heterocycles. The molecule has 1 amide bonds. The van der Waals surface area contributed by atoms with E-state index in [-0.39, 0.29) is 11.3 Å². The molecule has 2 aromatic carbocycles. The lowest BCUT2D eigenvalue weighted by Crippen LogP contribution is -2.38. The number of hydrogen-bond acceptors (Lipinski definition) is 5. The van der Waals surface area contributed by atoms with E-state index in [1.165, 1.54) is 0 Å². The minimum Gasteiger partial charge on any atom is -0.380 e. The summed E-state index contributed by atoms with van der Waals surface area (Å²) in [5.41, 5.74) is 2.13. The van der Waals surface area contributed by atoms with Gasteiger partial charge < -0.3 is 14.6 Å². The highest BCUT2D eigenvalue weighted by Gasteiger charge is 2.18. The van der Waals surface area contributed by atoms with Crippen molar-refractivity contribution in [2.75, 3.05) is 39.4 Å². The molecule has 1 N–H and O–H groups in total. The maximum Gasteiger partial charge on any atom is 0.282 e. The number of benzene rings is 2. The van der Waals surface area contributed by atoms with Gasteiger partial charge in [-0.25, -0.2) is 4.98 Å². The normalized spacial score (nSPS) is 15.0. The number of nitrogens with zero attached hydrogens (tertiary/aromatic N) is 3. The topological polar surface area (TPSA) is 76.5 Å². The van der Waals surface area contributed by atoms with Crippen LogP contribution in [0.3, 0.4) is 0 Å². The molecule has 1 aliphatic heterocycles. The molecule has 7 heteroatoms. The van der Waals surface area contributed by atoms with Crippen molar-refractivity contribution in [2.24, 2.45) is 0 Å². The summed E-state index contributed by atoms with van der Waals surface area (Å²) in [5.74, 6) is -0.427. The lowest BCUT2D eigenvalue weighted by molar-refractivity contribution is 0.0947. The third-order valence-electron chi connectivity index (χ3n) is 5.56. The zero-order chi connectivity index (χ0) is 21.5. The third kappa shape index (κ3) is 5.37. The molecule has 0 radical (unpaired) electrons. The number of carbonyl (C=O) groups excluding carboxylic acids is 1. The molecule has 0 atom stereocenters. The number of rotatable bonds is 7. The van der Waals surface area contributed by atoms with Crippen molar-refractivity contribution in [1.82, 2.24) is 19.8 Å². The van der Waals surface area contributed by atoms with E-state index in [2.05, 4.69) is 15.2 Å². The molecule has 3 aromatic rings. The van der Waals surface area contributed by atoms with E-state index in [0.29, 0.717) is 31.6 Å². The highest BCUT2D eigenvalue weighted by Crippen LogP contribution is 2.11. The monoisotopic (exact) mass is 420 g/mol. The van der Waals surface area contributed by atoms with Gasteiger partial charge in [-0.15, -0.1) is 0 Å². The summed E-state index contributed by atoms with van der Waals surface area (Å²) >= 11 is 0. The van der Waals surface area contributed by atoms with Crippen molar-refractivity contribution in [3.05, 3.63) is 76.2 Å². The van der Waals surface area contributed by atoms with Crippen LogP contribution in [0.1, 0.15) is 22.5 Å². The fourth-order valence-electron chi connectivity index (χ4n) is 3.87. The Hall–Kier alpha value is -3.03. The van der Waals surface area contributed by atoms with Crippen molar-refractivity contribution in [2.45, 2.75) is 19.4 Å². The largest absolute Gasteiger partial charge is 0.380 e. The predicted octanol–water partition coefficient (Wildman–Crippen LogP) is 2.09. The van der Waals surface area contributed by atoms with E-state index in [4.69, 9.17) is 4.74 Å². The molecule has 1 saturated heterocycles. The van der Waals surface area contributed by atoms with E-state index >= 15 is 0 Å². The van der Waals surface area contributed by atoms with Gasteiger partial charge in [0.25, 0.3) is 11.5 Å². The number of hydrogen-bond donors (Lipinski definition) is 1. The van der Waals surface area contributed by atoms with Crippen molar-refractivity contribution in [1.29, 1.82) is 0 Å². The van der Waals surface area contributed by atoms with Crippen molar-refractivity contribution in [3.63, 3.8) is 0 Å². The fourth-order valence-corrected chi connectivity index (χ4v) is 3.87. The molecule has 0 aliphatic carbocycles. The second-order valence-electron chi connectivity index (χ2n) is 7.70. The van der Waals surface area contributed by atoms with E-state index in [9.17, 15) is 9.59 Å². The molecular formula is C24H28N4O3. The van der Waals surface area contributed by atoms with Gasteiger partial charge >= 0.3 is 0 Å². The van der Waals surface area contributed by atoms with Gasteiger partial charge in [-0.3, -0.25) is 14.5 Å². The third-order valence-corrected chi connectivity index (χ3v) is 5.56. The van der Waals surface area contributed by atoms with E-state index < -0.39 is 5.91 Å². The first kappa shape index (κ1) is 21.2. The number of nitrogens with one attached hydrogen (secondary N) is 1. The van der Waals surface area contributed by atoms with Crippen LogP contribution < -0.4 is 10.9 Å². The number of fused-ring (bicyclic) bond motifs is 1. The average Bonchev–Trinajstić information content (AvgIpc) is 3.08. The van der Waals surface area contributed by atoms with E-state index in [0.717, 1.165) is 43.7 Å². The van der Waals surface area contributed by atoms with Gasteiger partial charge in [0.1, 0.15) is 0 Å². The molecule has 162 valence electrons. The lowest BCUT2D eigenvalue weighted by atomic mass is 10.1. The molecule has 31 heavy (non-hydrogen) atoms. The standard InChI is InChI=1S/C24H28N4O3/c29-23(25-12-11-19-7-2-1-3-8-19)22-24(30)28(21-10-5-4-9-20(21)26-22)15-14-27-13-6-17-31-18-16-27/h1-5,7-10H,6,11-18H2,(H,25,29). The number of amides is 1. The van der Waals surface area contributed by atoms with Crippen LogP contribution in [0, 0.1) is 0 Å². The van der Waals surface area contributed by atoms with Gasteiger partial charge in [-0.2, -0.15) is 0 Å². The summed E-state index contributed by atoms with van der Waals surface area (Å²) in [6.07, 6.45) is 1.69. The molecule has 1 fully saturated rings. The smallest absolute Gasteiger partial charge is 0.282 e. The minimum absolute atomic E-state index is 0.0500. The highest BCUT2D eigenvalue weighted by molar-refractivity contribution is 5.93. The van der Waals surface area contributed by atoms with E-state index in [1.54, 1.807) is 4.57 Å². The number of para-hydroxylation sites is 2. The van der Waals surface area contributed by atoms with Crippen LogP contribution in [0.15, 0.2) is 59.4 Å². The van der Waals surface area contributed by atoms with E-state index in [1.807, 2.05) is 54.6 Å². The Morgan fingerprint density at radius 3 is 2.68 bits per heavy atom. The summed E-state index contributed by atoms with van der Waals surface area (Å²) < 4.78 is 7.20. The van der Waals surface area contributed by atoms with Gasteiger partial charge in [0.2, 0.25) is 0 Å². The zero-order valence-corrected chi connectivity index (χ0v) is 17.6. The van der Waals surface area contributed by atoms with Crippen molar-refractivity contribution < 1.29 is 9.53 Å². The lowest BCUT2D eigenvalue weighted by Gasteiger charge is -2.20. The summed E-state index contributed by atoms with van der Waals surface area (Å²) in [5, 5.41) is 2.85. The predicted molar refractivity (Wildman–Crippen MR) is 120 cm³/mol. The van der Waals surface area contributed by atoms with Gasteiger partial charge in [0, 0.05) is 39.3 Å². The minimum atomic E-state index is -0.427. The average molecular weight is 421 g/mol. The van der Waals surface area contributed by atoms with Crippen LogP contribution >= 0.6 is 0 Å². The zero-order valence-electron chi connectivity index (χ0n) is 17.6. The molecule has 7 nitrogen and oxygen atoms in total. The molecule has 0 spiro atoms. The van der Waals surface area contributed by atoms with Crippen LogP contribution in [0.25, 0.3) is 11.0 Å². The number of ether oxygens (including phenoxy) is 1. The molecular weight excluding hydrogens is 392 g/mol. The maximum atomic E-state index is 13.2. The Morgan fingerprint density at radius 1 is 1.00 bits per heavy atom. The first-order chi connectivity index (χ1) is 15.2. The fraction of sp³-hybridized carbons (Fsp3) is 0.375. The Kier molecular flexibility index (Phi) is 7.07. The molecule has 0 saturated carbocycles. The number of carbonyl (C=O) groups is 1. The second kappa shape index (κ2) is 10.3. The van der Waals surface area contributed by atoms with Gasteiger partial charge in [-0.05, 0) is 30.5 Å². The van der Waals surface area contributed by atoms with Crippen LogP contribution in [-0.2, 0) is 17.7 Å². The summed E-state index contributed by atoms with van der Waals surface area (Å²) in [6.45, 7) is 4.97. The van der Waals surface area contributed by atoms with Gasteiger partial charge in [0.05, 0.1) is 17.6 Å². The molecule has 2 heterocycles. The van der Waals surface area contributed by atoms with Crippen LogP contribution in [0.5, 0.6) is 0 Å². The van der Waals surface area contributed by atoms with Crippen LogP contribution in [0.2, 0.25) is 0 Å². The maximum absolute atomic E-state index is 13.2. The quantitative estimate of drug-likeness (QED) is 0.633. The first-order valence-corrected chi connectivity index (χ1v) is 10.8. The van der Waals surface area contributed by atoms with Gasteiger partial charge in [0.15, 0.2) is 5.69 Å². The first-order valence-electron chi connectivity index (χ1n) is 10.8. The Morgan fingerprint density at radius 2 is 1.81 bits per heavy atom. The molecule has 0 bridgehead atoms. The SMILES string of the molecule is O=C(NCCc1ccccc1)c1nc2ccccc2n(CCN2CCCOCC2)c1=O. The Balaban J connectivity index is 1.52. The highest BCUT2D eigenvalue weighted by atomic mass is 16.5. The van der Waals surface area contributed by atoms with Crippen molar-refractivity contribution in [3.8, 4) is 0 Å². The molecule has 1 aliphatic rings. The summed E-state index contributed by atoms with van der Waals surface area (Å²) in [6, 6.07) is 17.4. The number of aromatic nitrogens is 2. The Labute approximate surface area is 181 Å². The van der Waals surface area contributed by atoms with Crippen LogP contribution in [0.4, 0.5) is 0 Å². The summed E-state index contributed by atoms with van der Waals surface area (Å²) in [7, 11) is 0. The summed E-state index contributed by atoms with van der Waals surface area (Å²) in [4.78, 5) is 32.7. The van der Waals surface area contributed by atoms with Crippen molar-refractivity contribution >= 4 is 16.9 Å². The molecule has 4 rings (SSSR count). The van der Waals surface area contributed by atoms with Crippen LogP contribution in [-0.4, -0.2) is 59.8 Å².